The average Bonchev–Trinajstić information content (AvgIpc) is 2.91. The smallest absolute Gasteiger partial charge is 0.260 e. The van der Waals surface area contributed by atoms with E-state index in [1.807, 2.05) is 13.0 Å². The molecule has 22 heavy (non-hydrogen) atoms. The molecular weight excluding hydrogens is 323 g/mol. The molecule has 0 atom stereocenters. The van der Waals surface area contributed by atoms with Gasteiger partial charge in [0.25, 0.3) is 5.91 Å². The van der Waals surface area contributed by atoms with Crippen molar-refractivity contribution in [2.45, 2.75) is 6.92 Å². The molecule has 0 aliphatic heterocycles. The van der Waals surface area contributed by atoms with Crippen LogP contribution in [0.15, 0.2) is 42.5 Å². The molecule has 3 rings (SSSR count). The van der Waals surface area contributed by atoms with Gasteiger partial charge in [-0.2, -0.15) is 0 Å². The van der Waals surface area contributed by atoms with Crippen LogP contribution in [0.2, 0.25) is 5.02 Å². The van der Waals surface area contributed by atoms with Gasteiger partial charge in [-0.05, 0) is 49.4 Å². The zero-order valence-electron chi connectivity index (χ0n) is 11.7. The lowest BCUT2D eigenvalue weighted by Gasteiger charge is -2.17. The number of hydrogen-bond donors (Lipinski definition) is 0. The maximum atomic E-state index is 13.0. The molecule has 0 saturated carbocycles. The van der Waals surface area contributed by atoms with Gasteiger partial charge in [0.15, 0.2) is 5.13 Å². The molecule has 3 nitrogen and oxygen atoms in total. The Morgan fingerprint density at radius 3 is 2.68 bits per heavy atom. The molecule has 0 radical (unpaired) electrons. The monoisotopic (exact) mass is 334 g/mol. The number of anilines is 1. The number of carbonyl (C=O) groups excluding carboxylic acids is 1. The Morgan fingerprint density at radius 1 is 1.27 bits per heavy atom. The van der Waals surface area contributed by atoms with E-state index in [4.69, 9.17) is 11.6 Å². The third-order valence-corrected chi connectivity index (χ3v) is 4.52. The number of benzene rings is 2. The van der Waals surface area contributed by atoms with E-state index in [-0.39, 0.29) is 11.7 Å². The van der Waals surface area contributed by atoms with Crippen LogP contribution in [0.3, 0.4) is 0 Å². The molecule has 0 bridgehead atoms. The van der Waals surface area contributed by atoms with Crippen LogP contribution >= 0.6 is 22.9 Å². The second-order valence-corrected chi connectivity index (χ2v) is 6.11. The van der Waals surface area contributed by atoms with Crippen molar-refractivity contribution in [1.29, 1.82) is 0 Å². The van der Waals surface area contributed by atoms with Crippen molar-refractivity contribution >= 4 is 44.2 Å². The zero-order valence-corrected chi connectivity index (χ0v) is 13.3. The summed E-state index contributed by atoms with van der Waals surface area (Å²) in [5.41, 5.74) is 1.19. The standard InChI is InChI=1S/C16H12ClFN2OS/c1-2-20(15(21)10-3-6-12(18)7-4-10)16-19-13-9-11(17)5-8-14(13)22-16/h3-9H,2H2,1H3. The quantitative estimate of drug-likeness (QED) is 0.692. The van der Waals surface area contributed by atoms with Gasteiger partial charge in [-0.15, -0.1) is 0 Å². The Balaban J connectivity index is 1.98. The third-order valence-electron chi connectivity index (χ3n) is 3.22. The molecular formula is C16H12ClFN2OS. The fourth-order valence-electron chi connectivity index (χ4n) is 2.12. The number of carbonyl (C=O) groups is 1. The predicted octanol–water partition coefficient (Wildman–Crippen LogP) is 4.76. The van der Waals surface area contributed by atoms with Crippen LogP contribution in [0.1, 0.15) is 17.3 Å². The molecule has 0 saturated heterocycles. The van der Waals surface area contributed by atoms with Crippen molar-refractivity contribution in [2.75, 3.05) is 11.4 Å². The summed E-state index contributed by atoms with van der Waals surface area (Å²) in [4.78, 5) is 18.6. The number of fused-ring (bicyclic) bond motifs is 1. The molecule has 0 N–H and O–H groups in total. The van der Waals surface area contributed by atoms with Crippen molar-refractivity contribution in [3.05, 3.63) is 58.9 Å². The van der Waals surface area contributed by atoms with E-state index in [0.29, 0.717) is 22.3 Å². The van der Waals surface area contributed by atoms with Gasteiger partial charge in [0.05, 0.1) is 10.2 Å². The van der Waals surface area contributed by atoms with Crippen LogP contribution in [0.5, 0.6) is 0 Å². The maximum absolute atomic E-state index is 13.0. The topological polar surface area (TPSA) is 33.2 Å². The van der Waals surface area contributed by atoms with Gasteiger partial charge in [-0.25, -0.2) is 9.37 Å². The zero-order chi connectivity index (χ0) is 15.7. The Morgan fingerprint density at radius 2 is 2.00 bits per heavy atom. The van der Waals surface area contributed by atoms with Crippen LogP contribution in [-0.4, -0.2) is 17.4 Å². The Kier molecular flexibility index (Phi) is 4.09. The van der Waals surface area contributed by atoms with Gasteiger partial charge in [0.2, 0.25) is 0 Å². The predicted molar refractivity (Wildman–Crippen MR) is 88.4 cm³/mol. The first-order valence-corrected chi connectivity index (χ1v) is 7.91. The second kappa shape index (κ2) is 6.02. The van der Waals surface area contributed by atoms with E-state index >= 15 is 0 Å². The van der Waals surface area contributed by atoms with Gasteiger partial charge < -0.3 is 0 Å². The lowest BCUT2D eigenvalue weighted by atomic mass is 10.2. The first kappa shape index (κ1) is 14.9. The number of aromatic nitrogens is 1. The van der Waals surface area contributed by atoms with E-state index in [0.717, 1.165) is 10.2 Å². The molecule has 1 amide bonds. The van der Waals surface area contributed by atoms with E-state index in [2.05, 4.69) is 4.98 Å². The summed E-state index contributed by atoms with van der Waals surface area (Å²) in [7, 11) is 0. The Bertz CT molecular complexity index is 832. The third kappa shape index (κ3) is 2.82. The lowest BCUT2D eigenvalue weighted by Crippen LogP contribution is -2.30. The molecule has 2 aromatic carbocycles. The van der Waals surface area contributed by atoms with Crippen LogP contribution in [-0.2, 0) is 0 Å². The number of amides is 1. The molecule has 1 aromatic heterocycles. The van der Waals surface area contributed by atoms with Crippen molar-refractivity contribution in [3.63, 3.8) is 0 Å². The van der Waals surface area contributed by atoms with Crippen molar-refractivity contribution in [3.8, 4) is 0 Å². The second-order valence-electron chi connectivity index (χ2n) is 4.66. The number of nitrogens with zero attached hydrogens (tertiary/aromatic N) is 2. The molecule has 0 aliphatic rings. The van der Waals surface area contributed by atoms with E-state index in [9.17, 15) is 9.18 Å². The summed E-state index contributed by atoms with van der Waals surface area (Å²) >= 11 is 7.39. The Labute approximate surface area is 136 Å². The minimum Gasteiger partial charge on any atom is -0.284 e. The van der Waals surface area contributed by atoms with Crippen LogP contribution in [0.25, 0.3) is 10.2 Å². The molecule has 6 heteroatoms. The summed E-state index contributed by atoms with van der Waals surface area (Å²) in [5.74, 6) is -0.568. The number of thiazole rings is 1. The van der Waals surface area contributed by atoms with Crippen molar-refractivity contribution in [2.24, 2.45) is 0 Å². The van der Waals surface area contributed by atoms with Gasteiger partial charge in [-0.3, -0.25) is 9.69 Å². The first-order chi connectivity index (χ1) is 10.6. The summed E-state index contributed by atoms with van der Waals surface area (Å²) in [6.07, 6.45) is 0. The van der Waals surface area contributed by atoms with Gasteiger partial charge in [0, 0.05) is 17.1 Å². The number of hydrogen-bond acceptors (Lipinski definition) is 3. The lowest BCUT2D eigenvalue weighted by molar-refractivity contribution is 0.0988. The highest BCUT2D eigenvalue weighted by Gasteiger charge is 2.19. The SMILES string of the molecule is CCN(C(=O)c1ccc(F)cc1)c1nc2cc(Cl)ccc2s1. The van der Waals surface area contributed by atoms with Gasteiger partial charge >= 0.3 is 0 Å². The number of halogens is 2. The van der Waals surface area contributed by atoms with Crippen LogP contribution in [0.4, 0.5) is 9.52 Å². The molecule has 1 heterocycles. The normalized spacial score (nSPS) is 10.9. The molecule has 0 aliphatic carbocycles. The molecule has 0 unspecified atom stereocenters. The molecule has 0 fully saturated rings. The largest absolute Gasteiger partial charge is 0.284 e. The molecule has 0 spiro atoms. The van der Waals surface area contributed by atoms with E-state index in [1.54, 1.807) is 17.0 Å². The van der Waals surface area contributed by atoms with Gasteiger partial charge in [0.1, 0.15) is 5.82 Å². The van der Waals surface area contributed by atoms with E-state index < -0.39 is 0 Å². The molecule has 3 aromatic rings. The highest BCUT2D eigenvalue weighted by atomic mass is 35.5. The average molecular weight is 335 g/mol. The fraction of sp³-hybridized carbons (Fsp3) is 0.125. The maximum Gasteiger partial charge on any atom is 0.260 e. The van der Waals surface area contributed by atoms with Crippen molar-refractivity contribution < 1.29 is 9.18 Å². The number of rotatable bonds is 3. The van der Waals surface area contributed by atoms with Crippen LogP contribution in [0, 0.1) is 5.82 Å². The highest BCUT2D eigenvalue weighted by Crippen LogP contribution is 2.31. The minimum absolute atomic E-state index is 0.201. The minimum atomic E-state index is -0.366. The van der Waals surface area contributed by atoms with Crippen molar-refractivity contribution in [1.82, 2.24) is 4.98 Å². The summed E-state index contributed by atoms with van der Waals surface area (Å²) in [6.45, 7) is 2.35. The summed E-state index contributed by atoms with van der Waals surface area (Å²) < 4.78 is 13.9. The first-order valence-electron chi connectivity index (χ1n) is 6.72. The summed E-state index contributed by atoms with van der Waals surface area (Å²) in [6, 6.07) is 11.0. The van der Waals surface area contributed by atoms with Crippen LogP contribution < -0.4 is 4.90 Å². The Hall–Kier alpha value is -1.98. The van der Waals surface area contributed by atoms with E-state index in [1.165, 1.54) is 35.6 Å². The van der Waals surface area contributed by atoms with Gasteiger partial charge in [-0.1, -0.05) is 22.9 Å². The summed E-state index contributed by atoms with van der Waals surface area (Å²) in [5, 5.41) is 1.21. The fourth-order valence-corrected chi connectivity index (χ4v) is 3.29. The molecule has 112 valence electrons. The highest BCUT2D eigenvalue weighted by molar-refractivity contribution is 7.22.